The molecule has 3 aliphatic rings. The summed E-state index contributed by atoms with van der Waals surface area (Å²) in [7, 11) is 4.03. The number of hydrogen-bond acceptors (Lipinski definition) is 4. The van der Waals surface area contributed by atoms with E-state index in [9.17, 15) is 4.79 Å². The fourth-order valence-corrected chi connectivity index (χ4v) is 4.55. The van der Waals surface area contributed by atoms with E-state index in [-0.39, 0.29) is 5.92 Å². The lowest BCUT2D eigenvalue weighted by molar-refractivity contribution is -0.134. The summed E-state index contributed by atoms with van der Waals surface area (Å²) in [5, 5.41) is 6.97. The Hall–Kier alpha value is -1.34. The zero-order valence-electron chi connectivity index (χ0n) is 17.3. The van der Waals surface area contributed by atoms with Crippen LogP contribution in [0.4, 0.5) is 0 Å². The van der Waals surface area contributed by atoms with Crippen LogP contribution >= 0.6 is 0 Å². The monoisotopic (exact) mass is 378 g/mol. The number of hydrogen-bond donors (Lipinski definition) is 2. The molecule has 2 N–H and O–H groups in total. The highest BCUT2D eigenvalue weighted by Crippen LogP contribution is 2.27. The normalized spacial score (nSPS) is 26.4. The molecule has 2 aliphatic heterocycles. The van der Waals surface area contributed by atoms with Crippen LogP contribution in [0.15, 0.2) is 4.99 Å². The molecule has 1 saturated carbocycles. The van der Waals surface area contributed by atoms with Gasteiger partial charge >= 0.3 is 0 Å². The molecule has 27 heavy (non-hydrogen) atoms. The number of nitrogens with one attached hydrogen (secondary N) is 2. The third kappa shape index (κ3) is 6.07. The first-order valence-electron chi connectivity index (χ1n) is 10.8. The van der Waals surface area contributed by atoms with Crippen molar-refractivity contribution in [2.75, 3.05) is 66.5 Å². The van der Waals surface area contributed by atoms with E-state index >= 15 is 0 Å². The molecule has 0 aromatic heterocycles. The molecule has 2 heterocycles. The Morgan fingerprint density at radius 2 is 1.85 bits per heavy atom. The van der Waals surface area contributed by atoms with Crippen molar-refractivity contribution in [1.82, 2.24) is 25.3 Å². The number of nitrogens with zero attached hydrogens (tertiary/aromatic N) is 4. The Bertz CT molecular complexity index is 505. The number of aliphatic imine (C=N–C) groups is 1. The first-order chi connectivity index (χ1) is 13.2. The SMILES string of the molecule is CN=C(NCCN1CCCN(C)CC1)NC1CCN(C(=O)C2CCCC2)C1. The van der Waals surface area contributed by atoms with Gasteiger partial charge in [0, 0.05) is 58.3 Å². The van der Waals surface area contributed by atoms with E-state index in [0.717, 1.165) is 64.5 Å². The summed E-state index contributed by atoms with van der Waals surface area (Å²) < 4.78 is 0. The van der Waals surface area contributed by atoms with Gasteiger partial charge in [-0.1, -0.05) is 12.8 Å². The van der Waals surface area contributed by atoms with Gasteiger partial charge in [-0.2, -0.15) is 0 Å². The third-order valence-corrected chi connectivity index (χ3v) is 6.30. The standard InChI is InChI=1S/C20H38N6O/c1-21-20(22-9-13-25-11-5-10-24(2)14-15-25)23-18-8-12-26(16-18)19(27)17-6-3-4-7-17/h17-18H,3-16H2,1-2H3,(H2,21,22,23). The number of carbonyl (C=O) groups is 1. The van der Waals surface area contributed by atoms with Crippen LogP contribution in [0.25, 0.3) is 0 Å². The minimum absolute atomic E-state index is 0.286. The molecule has 1 aliphatic carbocycles. The van der Waals surface area contributed by atoms with Crippen molar-refractivity contribution in [2.24, 2.45) is 10.9 Å². The average Bonchev–Trinajstić information content (AvgIpc) is 3.32. The van der Waals surface area contributed by atoms with E-state index in [1.165, 1.54) is 32.4 Å². The lowest BCUT2D eigenvalue weighted by atomic mass is 10.1. The van der Waals surface area contributed by atoms with Crippen LogP contribution in [0.3, 0.4) is 0 Å². The van der Waals surface area contributed by atoms with Crippen LogP contribution in [0.1, 0.15) is 38.5 Å². The number of rotatable bonds is 5. The van der Waals surface area contributed by atoms with Gasteiger partial charge < -0.3 is 25.3 Å². The summed E-state index contributed by atoms with van der Waals surface area (Å²) in [5.74, 6) is 1.53. The van der Waals surface area contributed by atoms with Crippen molar-refractivity contribution >= 4 is 11.9 Å². The van der Waals surface area contributed by atoms with E-state index in [2.05, 4.69) is 37.4 Å². The van der Waals surface area contributed by atoms with Gasteiger partial charge in [0.05, 0.1) is 0 Å². The van der Waals surface area contributed by atoms with E-state index < -0.39 is 0 Å². The van der Waals surface area contributed by atoms with E-state index in [1.54, 1.807) is 0 Å². The zero-order valence-corrected chi connectivity index (χ0v) is 17.3. The second kappa shape index (κ2) is 10.3. The third-order valence-electron chi connectivity index (χ3n) is 6.30. The maximum atomic E-state index is 12.6. The quantitative estimate of drug-likeness (QED) is 0.541. The Balaban J connectivity index is 1.36. The highest BCUT2D eigenvalue weighted by molar-refractivity contribution is 5.81. The minimum atomic E-state index is 0.286. The molecular formula is C20H38N6O. The van der Waals surface area contributed by atoms with Gasteiger partial charge in [-0.25, -0.2) is 0 Å². The topological polar surface area (TPSA) is 63.2 Å². The Morgan fingerprint density at radius 3 is 2.63 bits per heavy atom. The van der Waals surface area contributed by atoms with Gasteiger partial charge in [-0.05, 0) is 45.8 Å². The van der Waals surface area contributed by atoms with Gasteiger partial charge in [-0.15, -0.1) is 0 Å². The summed E-state index contributed by atoms with van der Waals surface area (Å²) in [6, 6.07) is 0.313. The molecule has 0 radical (unpaired) electrons. The summed E-state index contributed by atoms with van der Waals surface area (Å²) in [5.41, 5.74) is 0. The van der Waals surface area contributed by atoms with Crippen LogP contribution in [0, 0.1) is 5.92 Å². The van der Waals surface area contributed by atoms with Crippen molar-refractivity contribution in [2.45, 2.75) is 44.6 Å². The van der Waals surface area contributed by atoms with Crippen LogP contribution in [0.5, 0.6) is 0 Å². The molecule has 7 nitrogen and oxygen atoms in total. The first kappa shape index (κ1) is 20.4. The molecule has 154 valence electrons. The number of likely N-dealkylation sites (tertiary alicyclic amines) is 1. The number of likely N-dealkylation sites (N-methyl/N-ethyl adjacent to an activating group) is 1. The van der Waals surface area contributed by atoms with Crippen LogP contribution in [-0.2, 0) is 4.79 Å². The molecule has 7 heteroatoms. The average molecular weight is 379 g/mol. The molecule has 1 unspecified atom stereocenters. The molecule has 3 fully saturated rings. The Morgan fingerprint density at radius 1 is 1.04 bits per heavy atom. The van der Waals surface area contributed by atoms with E-state index in [0.29, 0.717) is 11.9 Å². The van der Waals surface area contributed by atoms with Crippen LogP contribution < -0.4 is 10.6 Å². The maximum Gasteiger partial charge on any atom is 0.225 e. The predicted molar refractivity (Wildman–Crippen MR) is 110 cm³/mol. The number of amides is 1. The summed E-state index contributed by atoms with van der Waals surface area (Å²) in [6.07, 6.45) is 6.87. The minimum Gasteiger partial charge on any atom is -0.355 e. The second-order valence-electron chi connectivity index (χ2n) is 8.39. The maximum absolute atomic E-state index is 12.6. The molecule has 1 amide bonds. The smallest absolute Gasteiger partial charge is 0.225 e. The van der Waals surface area contributed by atoms with Crippen molar-refractivity contribution in [3.05, 3.63) is 0 Å². The van der Waals surface area contributed by atoms with Crippen LogP contribution in [0.2, 0.25) is 0 Å². The van der Waals surface area contributed by atoms with Gasteiger partial charge in [0.1, 0.15) is 0 Å². The molecule has 0 aromatic rings. The highest BCUT2D eigenvalue weighted by atomic mass is 16.2. The lowest BCUT2D eigenvalue weighted by Gasteiger charge is -2.23. The molecule has 1 atom stereocenters. The van der Waals surface area contributed by atoms with Gasteiger partial charge in [0.15, 0.2) is 5.96 Å². The summed E-state index contributed by atoms with van der Waals surface area (Å²) >= 11 is 0. The highest BCUT2D eigenvalue weighted by Gasteiger charge is 2.32. The largest absolute Gasteiger partial charge is 0.355 e. The fourth-order valence-electron chi connectivity index (χ4n) is 4.55. The Labute approximate surface area is 164 Å². The van der Waals surface area contributed by atoms with Crippen LogP contribution in [-0.4, -0.2) is 99.1 Å². The zero-order chi connectivity index (χ0) is 19.1. The Kier molecular flexibility index (Phi) is 7.76. The molecule has 0 aromatic carbocycles. The molecular weight excluding hydrogens is 340 g/mol. The van der Waals surface area contributed by atoms with Crippen molar-refractivity contribution in [3.8, 4) is 0 Å². The van der Waals surface area contributed by atoms with Gasteiger partial charge in [-0.3, -0.25) is 9.79 Å². The van der Waals surface area contributed by atoms with Gasteiger partial charge in [0.25, 0.3) is 0 Å². The predicted octanol–water partition coefficient (Wildman–Crippen LogP) is 0.580. The molecule has 2 saturated heterocycles. The summed E-state index contributed by atoms with van der Waals surface area (Å²) in [4.78, 5) is 24.0. The van der Waals surface area contributed by atoms with Crippen molar-refractivity contribution in [3.63, 3.8) is 0 Å². The molecule has 3 rings (SSSR count). The van der Waals surface area contributed by atoms with E-state index in [1.807, 2.05) is 7.05 Å². The number of carbonyl (C=O) groups excluding carboxylic acids is 1. The lowest BCUT2D eigenvalue weighted by Crippen LogP contribution is -2.47. The second-order valence-corrected chi connectivity index (χ2v) is 8.39. The van der Waals surface area contributed by atoms with E-state index in [4.69, 9.17) is 0 Å². The fraction of sp³-hybridized carbons (Fsp3) is 0.900. The molecule has 0 bridgehead atoms. The number of guanidine groups is 1. The first-order valence-corrected chi connectivity index (χ1v) is 10.8. The van der Waals surface area contributed by atoms with Crippen molar-refractivity contribution < 1.29 is 4.79 Å². The molecule has 0 spiro atoms. The summed E-state index contributed by atoms with van der Waals surface area (Å²) in [6.45, 7) is 8.32. The van der Waals surface area contributed by atoms with Crippen molar-refractivity contribution in [1.29, 1.82) is 0 Å². The van der Waals surface area contributed by atoms with Gasteiger partial charge in [0.2, 0.25) is 5.91 Å².